The Bertz CT molecular complexity index is 1750. The molecule has 15 nitrogen and oxygen atoms in total. The summed E-state index contributed by atoms with van der Waals surface area (Å²) in [6.45, 7) is 8.13. The monoisotopic (exact) mass is 867 g/mol. The molecule has 1 saturated carbocycles. The molecule has 5 N–H and O–H groups in total. The normalized spacial score (nSPS) is 26.7. The summed E-state index contributed by atoms with van der Waals surface area (Å²) in [5, 5.41) is 22.6. The number of alkyl halides is 1. The minimum Gasteiger partial charge on any atom is -0.380 e. The third-order valence-electron chi connectivity index (χ3n) is 11.6. The first-order valence-corrected chi connectivity index (χ1v) is 21.3. The van der Waals surface area contributed by atoms with Crippen LogP contribution in [0.4, 0.5) is 4.39 Å². The molecule has 3 aliphatic rings. The molecule has 1 aromatic rings. The number of benzene rings is 1. The van der Waals surface area contributed by atoms with Crippen LogP contribution < -0.4 is 21.3 Å². The van der Waals surface area contributed by atoms with E-state index in [0.717, 1.165) is 4.90 Å². The largest absolute Gasteiger partial charge is 0.380 e. The van der Waals surface area contributed by atoms with E-state index in [0.29, 0.717) is 41.3 Å². The van der Waals surface area contributed by atoms with Gasteiger partial charge in [-0.15, -0.1) is 0 Å². The predicted molar refractivity (Wildman–Crippen MR) is 220 cm³/mol. The summed E-state index contributed by atoms with van der Waals surface area (Å²) < 4.78 is 14.7. The maximum absolute atomic E-state index is 14.7. The summed E-state index contributed by atoms with van der Waals surface area (Å²) in [6, 6.07) is -2.08. The molecule has 0 radical (unpaired) electrons. The number of halogens is 3. The van der Waals surface area contributed by atoms with Gasteiger partial charge in [0, 0.05) is 43.5 Å². The van der Waals surface area contributed by atoms with Gasteiger partial charge in [-0.3, -0.25) is 33.6 Å². The molecule has 1 aromatic carbocycles. The number of likely N-dealkylation sites (tertiary alicyclic amines) is 1. The van der Waals surface area contributed by atoms with E-state index in [4.69, 9.17) is 23.2 Å². The van der Waals surface area contributed by atoms with Crippen molar-refractivity contribution in [1.29, 1.82) is 0 Å². The molecule has 1 aliphatic carbocycles. The molecule has 2 saturated heterocycles. The van der Waals surface area contributed by atoms with E-state index in [1.807, 2.05) is 13.8 Å². The molecule has 18 heteroatoms. The summed E-state index contributed by atoms with van der Waals surface area (Å²) >= 11 is 12.7. The van der Waals surface area contributed by atoms with Crippen LogP contribution in [0, 0.1) is 11.8 Å². The van der Waals surface area contributed by atoms with Crippen LogP contribution in [0.2, 0.25) is 10.0 Å². The lowest BCUT2D eigenvalue weighted by molar-refractivity contribution is -0.155. The van der Waals surface area contributed by atoms with Crippen LogP contribution in [0.25, 0.3) is 0 Å². The zero-order chi connectivity index (χ0) is 43.9. The van der Waals surface area contributed by atoms with Crippen LogP contribution in [0.3, 0.4) is 0 Å². The van der Waals surface area contributed by atoms with Crippen LogP contribution in [-0.4, -0.2) is 136 Å². The fraction of sp³-hybridized carbons (Fsp3) is 0.683. The van der Waals surface area contributed by atoms with Crippen molar-refractivity contribution in [2.75, 3.05) is 27.2 Å². The smallest absolute Gasteiger partial charge is 0.255 e. The van der Waals surface area contributed by atoms with Crippen LogP contribution in [0.15, 0.2) is 18.2 Å². The molecule has 7 amide bonds. The second-order valence-corrected chi connectivity index (χ2v) is 17.6. The lowest BCUT2D eigenvalue weighted by Gasteiger charge is -2.35. The lowest BCUT2D eigenvalue weighted by Crippen LogP contribution is -2.60. The maximum atomic E-state index is 14.7. The number of hydrogen-bond acceptors (Lipinski definition) is 8. The van der Waals surface area contributed by atoms with Crippen LogP contribution in [0.5, 0.6) is 0 Å². The van der Waals surface area contributed by atoms with Crippen molar-refractivity contribution >= 4 is 64.6 Å². The van der Waals surface area contributed by atoms with E-state index in [1.54, 1.807) is 25.1 Å². The molecule has 0 bridgehead atoms. The molecule has 328 valence electrons. The number of likely N-dealkylation sites (N-methyl/N-ethyl adjacent to an activating group) is 2. The van der Waals surface area contributed by atoms with Crippen LogP contribution in [0.1, 0.15) is 91.5 Å². The summed E-state index contributed by atoms with van der Waals surface area (Å²) in [4.78, 5) is 100. The highest BCUT2D eigenvalue weighted by Gasteiger charge is 2.52. The van der Waals surface area contributed by atoms with E-state index in [2.05, 4.69) is 21.3 Å². The van der Waals surface area contributed by atoms with Gasteiger partial charge in [0.15, 0.2) is 0 Å². The maximum Gasteiger partial charge on any atom is 0.255 e. The molecule has 1 unspecified atom stereocenters. The fourth-order valence-corrected chi connectivity index (χ4v) is 8.14. The van der Waals surface area contributed by atoms with Gasteiger partial charge in [-0.1, -0.05) is 44.0 Å². The SMILES string of the molecule is CC[C@H](NC(=O)[C@@H]1C[C@@H](F)CN1C(=O)C(C)(O)C1CC1)C(=O)N(C)[C@H]1CCCCNC(=O)[C@@H](C)NC(=O)[C@H](Cc2cc(Cl)ccc2Cl)N(C)C(=O)[C@H](CC(C)C)NC1=O. The standard InChI is InChI=1S/C41H60Cl2FN7O8/c1-8-29(47-37(55)33-20-27(44)21-51(33)40(58)41(5,59)25-12-13-25)38(56)49(6)31-11-9-10-16-45-34(52)23(4)46-36(54)32(19-24-18-26(42)14-15-28(24)43)50(7)39(57)30(17-22(2)3)48-35(31)53/h14-15,18,22-23,25,27,29-33,59H,8-13,16-17,19-21H2,1-7H3,(H,45,52)(H,46,54)(H,47,55)(H,48,53)/t23-,27-,29+,30+,31+,32+,33+,41?/m1/s1. The third-order valence-corrected chi connectivity index (χ3v) is 12.2. The van der Waals surface area contributed by atoms with Gasteiger partial charge in [0.2, 0.25) is 35.4 Å². The van der Waals surface area contributed by atoms with Crippen molar-refractivity contribution in [2.24, 2.45) is 11.8 Å². The highest BCUT2D eigenvalue weighted by molar-refractivity contribution is 6.33. The van der Waals surface area contributed by atoms with Gasteiger partial charge in [0.05, 0.1) is 6.54 Å². The Labute approximate surface area is 355 Å². The molecule has 59 heavy (non-hydrogen) atoms. The summed E-state index contributed by atoms with van der Waals surface area (Å²) in [5.74, 6) is -4.82. The zero-order valence-corrected chi connectivity index (χ0v) is 36.5. The Hall–Kier alpha value is -4.02. The second kappa shape index (κ2) is 20.5. The number of hydrogen-bond donors (Lipinski definition) is 5. The topological polar surface area (TPSA) is 198 Å². The molecule has 0 aromatic heterocycles. The third kappa shape index (κ3) is 12.1. The van der Waals surface area contributed by atoms with Gasteiger partial charge < -0.3 is 41.1 Å². The van der Waals surface area contributed by atoms with Crippen molar-refractivity contribution in [3.05, 3.63) is 33.8 Å². The molecular formula is C41H60Cl2FN7O8. The molecule has 2 aliphatic heterocycles. The summed E-state index contributed by atoms with van der Waals surface area (Å²) in [7, 11) is 2.84. The highest BCUT2D eigenvalue weighted by Crippen LogP contribution is 2.41. The highest BCUT2D eigenvalue weighted by atomic mass is 35.5. The summed E-state index contributed by atoms with van der Waals surface area (Å²) in [5.41, 5.74) is -1.27. The van der Waals surface area contributed by atoms with Crippen molar-refractivity contribution in [3.63, 3.8) is 0 Å². The predicted octanol–water partition coefficient (Wildman–Crippen LogP) is 2.52. The number of aliphatic hydroxyl groups is 1. The number of carbonyl (C=O) groups is 7. The quantitative estimate of drug-likeness (QED) is 0.224. The van der Waals surface area contributed by atoms with Gasteiger partial charge in [-0.25, -0.2) is 4.39 Å². The van der Waals surface area contributed by atoms with Crippen LogP contribution in [-0.2, 0) is 40.0 Å². The van der Waals surface area contributed by atoms with E-state index in [1.165, 1.54) is 37.7 Å². The van der Waals surface area contributed by atoms with Crippen LogP contribution >= 0.6 is 23.2 Å². The van der Waals surface area contributed by atoms with Crippen molar-refractivity contribution in [3.8, 4) is 0 Å². The molecule has 8 atom stereocenters. The number of rotatable bonds is 11. The fourth-order valence-electron chi connectivity index (χ4n) is 7.75. The molecule has 2 heterocycles. The van der Waals surface area contributed by atoms with Crippen molar-refractivity contribution < 1.29 is 43.1 Å². The molecule has 4 rings (SSSR count). The van der Waals surface area contributed by atoms with Gasteiger partial charge in [0.25, 0.3) is 5.91 Å². The Morgan fingerprint density at radius 1 is 1.05 bits per heavy atom. The minimum absolute atomic E-state index is 0.0628. The van der Waals surface area contributed by atoms with Gasteiger partial charge in [-0.2, -0.15) is 0 Å². The van der Waals surface area contributed by atoms with E-state index >= 15 is 0 Å². The van der Waals surface area contributed by atoms with E-state index in [-0.39, 0.29) is 57.0 Å². The van der Waals surface area contributed by atoms with E-state index in [9.17, 15) is 43.1 Å². The Kier molecular flexibility index (Phi) is 16.6. The Morgan fingerprint density at radius 2 is 1.73 bits per heavy atom. The average molecular weight is 869 g/mol. The van der Waals surface area contributed by atoms with Gasteiger partial charge in [-0.05, 0) is 94.4 Å². The molecular weight excluding hydrogens is 808 g/mol. The number of nitrogens with one attached hydrogen (secondary N) is 4. The van der Waals surface area contributed by atoms with Gasteiger partial charge >= 0.3 is 0 Å². The van der Waals surface area contributed by atoms with Crippen molar-refractivity contribution in [1.82, 2.24) is 36.0 Å². The molecule has 0 spiro atoms. The summed E-state index contributed by atoms with van der Waals surface area (Å²) in [6.07, 6.45) is 0.582. The minimum atomic E-state index is -1.75. The Balaban J connectivity index is 1.60. The molecule has 3 fully saturated rings. The Morgan fingerprint density at radius 3 is 2.36 bits per heavy atom. The average Bonchev–Trinajstić information content (AvgIpc) is 3.98. The van der Waals surface area contributed by atoms with Gasteiger partial charge in [0.1, 0.15) is 48.0 Å². The first kappa shape index (κ1) is 47.7. The number of amides is 7. The zero-order valence-electron chi connectivity index (χ0n) is 35.0. The second-order valence-electron chi connectivity index (χ2n) is 16.8. The van der Waals surface area contributed by atoms with Crippen molar-refractivity contribution in [2.45, 2.75) is 140 Å². The number of nitrogens with zero attached hydrogens (tertiary/aromatic N) is 3. The lowest BCUT2D eigenvalue weighted by atomic mass is 9.98. The first-order chi connectivity index (χ1) is 27.7. The first-order valence-electron chi connectivity index (χ1n) is 20.5. The van der Waals surface area contributed by atoms with E-state index < -0.39 is 89.4 Å². The number of carbonyl (C=O) groups excluding carboxylic acids is 7.